The molecule has 1 aliphatic heterocycles. The number of aromatic amines is 1. The smallest absolute Gasteiger partial charge is 0.248 e. The van der Waals surface area contributed by atoms with Crippen molar-refractivity contribution in [3.8, 4) is 6.07 Å². The Balaban J connectivity index is 1.38. The average molecular weight is 540 g/mol. The molecule has 2 fully saturated rings. The normalized spacial score (nSPS) is 22.4. The van der Waals surface area contributed by atoms with E-state index >= 15 is 0 Å². The lowest BCUT2D eigenvalue weighted by atomic mass is 9.63. The van der Waals surface area contributed by atoms with Gasteiger partial charge in [-0.05, 0) is 85.0 Å². The highest BCUT2D eigenvalue weighted by atomic mass is 16.2. The Labute approximate surface area is 230 Å². The Kier molecular flexibility index (Phi) is 6.11. The summed E-state index contributed by atoms with van der Waals surface area (Å²) < 4.78 is 0. The number of hydrogen-bond donors (Lipinski definition) is 4. The molecule has 0 bridgehead atoms. The first kappa shape index (κ1) is 25.6. The third-order valence-corrected chi connectivity index (χ3v) is 8.56. The number of benzene rings is 2. The first-order chi connectivity index (χ1) is 19.2. The maximum absolute atomic E-state index is 13.1. The van der Waals surface area contributed by atoms with Crippen molar-refractivity contribution < 1.29 is 14.4 Å². The lowest BCUT2D eigenvalue weighted by Crippen LogP contribution is -2.47. The quantitative estimate of drug-likeness (QED) is 0.318. The van der Waals surface area contributed by atoms with Gasteiger partial charge in [0.1, 0.15) is 6.04 Å². The van der Waals surface area contributed by atoms with Crippen molar-refractivity contribution in [1.29, 1.82) is 5.26 Å². The zero-order valence-electron chi connectivity index (χ0n) is 21.9. The monoisotopic (exact) mass is 539 g/mol. The van der Waals surface area contributed by atoms with Crippen LogP contribution in [0.4, 0.5) is 0 Å². The van der Waals surface area contributed by atoms with Crippen molar-refractivity contribution in [2.24, 2.45) is 17.4 Å². The Morgan fingerprint density at radius 2 is 1.77 bits per heavy atom. The standard InChI is InChI=1S/C28H29N9O3/c1-14(32-13-24(38)37-20(12-29)9-19-10-23(19)37)11-28(27-33-35-36-34-27)21-4-2-15(25(30)39)6-17(21)8-18-7-16(26(31)40)3-5-22(18)28/h2-7,14,19-20,23,32H,8-11,13H2,1H3,(H2,30,39)(H2,31,40)(H,33,34,35,36)/t14-,19-,20?,23+/m1/s1. The van der Waals surface area contributed by atoms with Crippen molar-refractivity contribution in [2.45, 2.75) is 56.1 Å². The summed E-state index contributed by atoms with van der Waals surface area (Å²) in [5.41, 5.74) is 14.4. The predicted molar refractivity (Wildman–Crippen MR) is 142 cm³/mol. The van der Waals surface area contributed by atoms with Crippen LogP contribution in [0.25, 0.3) is 0 Å². The Morgan fingerprint density at radius 1 is 1.12 bits per heavy atom. The van der Waals surface area contributed by atoms with Crippen molar-refractivity contribution in [2.75, 3.05) is 6.54 Å². The molecule has 1 saturated heterocycles. The SMILES string of the molecule is C[C@H](CC1(c2nn[nH]n2)c2ccc(C(N)=O)cc2Cc2cc(C(N)=O)ccc21)NCC(=O)N1C(C#N)C[C@@H]2C[C@@H]21. The van der Waals surface area contributed by atoms with Gasteiger partial charge in [0.15, 0.2) is 5.82 Å². The molecule has 6 N–H and O–H groups in total. The van der Waals surface area contributed by atoms with Gasteiger partial charge in [-0.25, -0.2) is 0 Å². The predicted octanol–water partition coefficient (Wildman–Crippen LogP) is 0.517. The van der Waals surface area contributed by atoms with Crippen LogP contribution >= 0.6 is 0 Å². The van der Waals surface area contributed by atoms with Gasteiger partial charge in [0, 0.05) is 23.2 Å². The highest BCUT2D eigenvalue weighted by molar-refractivity contribution is 5.94. The van der Waals surface area contributed by atoms with Crippen LogP contribution in [0.1, 0.15) is 75.0 Å². The molecule has 1 aromatic heterocycles. The fourth-order valence-electron chi connectivity index (χ4n) is 6.68. The van der Waals surface area contributed by atoms with Crippen LogP contribution in [0.3, 0.4) is 0 Å². The van der Waals surface area contributed by atoms with Crippen LogP contribution in [0.5, 0.6) is 0 Å². The number of likely N-dealkylation sites (tertiary alicyclic amines) is 1. The maximum atomic E-state index is 13.1. The van der Waals surface area contributed by atoms with E-state index in [4.69, 9.17) is 11.5 Å². The molecule has 6 rings (SSSR count). The van der Waals surface area contributed by atoms with Crippen molar-refractivity contribution >= 4 is 17.7 Å². The van der Waals surface area contributed by atoms with Gasteiger partial charge in [-0.1, -0.05) is 17.3 Å². The second-order valence-electron chi connectivity index (χ2n) is 11.0. The fraction of sp³-hybridized carbons (Fsp3) is 0.393. The number of nitrogens with one attached hydrogen (secondary N) is 2. The second kappa shape index (κ2) is 9.53. The van der Waals surface area contributed by atoms with Crippen LogP contribution in [-0.4, -0.2) is 67.9 Å². The number of nitrogens with two attached hydrogens (primary N) is 2. The second-order valence-corrected chi connectivity index (χ2v) is 11.0. The number of piperidine rings is 1. The summed E-state index contributed by atoms with van der Waals surface area (Å²) in [5.74, 6) is -0.322. The minimum atomic E-state index is -0.928. The van der Waals surface area contributed by atoms with Crippen LogP contribution < -0.4 is 16.8 Å². The molecule has 0 radical (unpaired) electrons. The molecule has 3 aromatic rings. The molecule has 2 aliphatic carbocycles. The van der Waals surface area contributed by atoms with E-state index in [-0.39, 0.29) is 30.6 Å². The molecular weight excluding hydrogens is 510 g/mol. The number of primary amides is 2. The summed E-state index contributed by atoms with van der Waals surface area (Å²) in [4.78, 5) is 38.9. The third-order valence-electron chi connectivity index (χ3n) is 8.56. The van der Waals surface area contributed by atoms with E-state index in [1.165, 1.54) is 0 Å². The van der Waals surface area contributed by atoms with Gasteiger partial charge in [0.25, 0.3) is 0 Å². The molecule has 40 heavy (non-hydrogen) atoms. The van der Waals surface area contributed by atoms with Gasteiger partial charge in [0.05, 0.1) is 18.0 Å². The lowest BCUT2D eigenvalue weighted by molar-refractivity contribution is -0.131. The lowest BCUT2D eigenvalue weighted by Gasteiger charge is -2.41. The highest BCUT2D eigenvalue weighted by Gasteiger charge is 2.54. The maximum Gasteiger partial charge on any atom is 0.248 e. The molecule has 12 nitrogen and oxygen atoms in total. The molecule has 2 heterocycles. The molecule has 1 unspecified atom stereocenters. The number of aromatic nitrogens is 4. The molecule has 1 saturated carbocycles. The summed E-state index contributed by atoms with van der Waals surface area (Å²) in [6, 6.07) is 12.5. The number of hydrogen-bond acceptors (Lipinski definition) is 8. The summed E-state index contributed by atoms with van der Waals surface area (Å²) in [6.07, 6.45) is 2.59. The van der Waals surface area contributed by atoms with Gasteiger partial charge >= 0.3 is 0 Å². The number of tetrazole rings is 1. The molecule has 2 aromatic carbocycles. The van der Waals surface area contributed by atoms with Crippen molar-refractivity contribution in [3.05, 3.63) is 75.6 Å². The minimum Gasteiger partial charge on any atom is -0.366 e. The Morgan fingerprint density at radius 3 is 2.33 bits per heavy atom. The number of carbonyl (C=O) groups excluding carboxylic acids is 3. The minimum absolute atomic E-state index is 0.0846. The van der Waals surface area contributed by atoms with Gasteiger partial charge in [-0.2, -0.15) is 10.5 Å². The number of nitrogens with zero attached hydrogens (tertiary/aromatic N) is 5. The number of carbonyl (C=O) groups is 3. The topological polar surface area (TPSA) is 197 Å². The van der Waals surface area contributed by atoms with E-state index in [9.17, 15) is 19.6 Å². The third kappa shape index (κ3) is 4.10. The first-order valence-electron chi connectivity index (χ1n) is 13.3. The number of fused-ring (bicyclic) bond motifs is 3. The summed E-state index contributed by atoms with van der Waals surface area (Å²) in [5, 5.41) is 28.1. The van der Waals surface area contributed by atoms with E-state index in [0.717, 1.165) is 35.1 Å². The number of amides is 3. The molecule has 4 atom stereocenters. The molecule has 204 valence electrons. The molecular formula is C28H29N9O3. The van der Waals surface area contributed by atoms with Gasteiger partial charge in [-0.3, -0.25) is 14.4 Å². The van der Waals surface area contributed by atoms with Gasteiger partial charge in [-0.15, -0.1) is 10.2 Å². The largest absolute Gasteiger partial charge is 0.366 e. The molecule has 12 heteroatoms. The molecule has 3 amide bonds. The highest BCUT2D eigenvalue weighted by Crippen LogP contribution is 2.49. The number of H-pyrrole nitrogens is 1. The summed E-state index contributed by atoms with van der Waals surface area (Å²) in [7, 11) is 0. The Hall–Kier alpha value is -4.63. The zero-order valence-corrected chi connectivity index (χ0v) is 21.9. The van der Waals surface area contributed by atoms with E-state index in [0.29, 0.717) is 35.7 Å². The molecule has 3 aliphatic rings. The van der Waals surface area contributed by atoms with Crippen molar-refractivity contribution in [3.63, 3.8) is 0 Å². The first-order valence-corrected chi connectivity index (χ1v) is 13.3. The number of nitriles is 1. The van der Waals surface area contributed by atoms with Crippen LogP contribution in [-0.2, 0) is 16.6 Å². The van der Waals surface area contributed by atoms with E-state index < -0.39 is 17.2 Å². The van der Waals surface area contributed by atoms with Gasteiger partial charge < -0.3 is 21.7 Å². The van der Waals surface area contributed by atoms with E-state index in [1.807, 2.05) is 19.1 Å². The van der Waals surface area contributed by atoms with Crippen LogP contribution in [0.2, 0.25) is 0 Å². The average Bonchev–Trinajstić information content (AvgIpc) is 3.32. The number of rotatable bonds is 8. The van der Waals surface area contributed by atoms with Crippen LogP contribution in [0.15, 0.2) is 36.4 Å². The van der Waals surface area contributed by atoms with Crippen LogP contribution in [0, 0.1) is 17.2 Å². The molecule has 0 spiro atoms. The summed E-state index contributed by atoms with van der Waals surface area (Å²) >= 11 is 0. The fourth-order valence-corrected chi connectivity index (χ4v) is 6.68. The Bertz CT molecular complexity index is 1500. The van der Waals surface area contributed by atoms with Gasteiger partial charge in [0.2, 0.25) is 17.7 Å². The zero-order chi connectivity index (χ0) is 28.2. The van der Waals surface area contributed by atoms with Crippen molar-refractivity contribution in [1.82, 2.24) is 30.8 Å². The van der Waals surface area contributed by atoms with E-state index in [2.05, 4.69) is 32.0 Å². The summed E-state index contributed by atoms with van der Waals surface area (Å²) in [6.45, 7) is 2.07. The van der Waals surface area contributed by atoms with E-state index in [1.54, 1.807) is 29.2 Å².